The summed E-state index contributed by atoms with van der Waals surface area (Å²) in [5, 5.41) is 22.1. The Morgan fingerprint density at radius 2 is 0.829 bits per heavy atom. The average Bonchev–Trinajstić information content (AvgIpc) is 2.85. The highest BCUT2D eigenvalue weighted by molar-refractivity contribution is 7.99. The monoisotopic (exact) mass is 498 g/mol. The van der Waals surface area contributed by atoms with Gasteiger partial charge in [0.05, 0.1) is 9.79 Å². The lowest BCUT2D eigenvalue weighted by Crippen LogP contribution is -2.01. The van der Waals surface area contributed by atoms with E-state index in [-0.39, 0.29) is 0 Å². The largest absolute Gasteiger partial charge is 0.507 e. The van der Waals surface area contributed by atoms with Gasteiger partial charge in [0.1, 0.15) is 11.5 Å². The van der Waals surface area contributed by atoms with Crippen molar-refractivity contribution < 1.29 is 10.2 Å². The molecule has 2 aromatic carbocycles. The Balaban J connectivity index is 2.49. The molecule has 2 N–H and O–H groups in total. The van der Waals surface area contributed by atoms with Crippen LogP contribution in [0.25, 0.3) is 0 Å². The van der Waals surface area contributed by atoms with Gasteiger partial charge in [-0.15, -0.1) is 0 Å². The molecule has 0 atom stereocenters. The first-order valence-electron chi connectivity index (χ1n) is 14.4. The van der Waals surface area contributed by atoms with E-state index >= 15 is 0 Å². The van der Waals surface area contributed by atoms with Crippen LogP contribution in [0.5, 0.6) is 11.5 Å². The predicted molar refractivity (Wildman–Crippen MR) is 153 cm³/mol. The molecule has 2 nitrogen and oxygen atoms in total. The van der Waals surface area contributed by atoms with Crippen LogP contribution >= 0.6 is 11.8 Å². The van der Waals surface area contributed by atoms with Gasteiger partial charge in [-0.05, 0) is 85.8 Å². The predicted octanol–water partition coefficient (Wildman–Crippen LogP) is 10.2. The van der Waals surface area contributed by atoms with Gasteiger partial charge in [0.25, 0.3) is 0 Å². The van der Waals surface area contributed by atoms with Gasteiger partial charge >= 0.3 is 0 Å². The van der Waals surface area contributed by atoms with Crippen molar-refractivity contribution in [3.63, 3.8) is 0 Å². The van der Waals surface area contributed by atoms with Crippen LogP contribution in [0, 0.1) is 0 Å². The van der Waals surface area contributed by atoms with Gasteiger partial charge in [-0.3, -0.25) is 0 Å². The van der Waals surface area contributed by atoms with Gasteiger partial charge in [0.2, 0.25) is 0 Å². The molecular weight excluding hydrogens is 448 g/mol. The highest BCUT2D eigenvalue weighted by atomic mass is 32.2. The summed E-state index contributed by atoms with van der Waals surface area (Å²) in [6.07, 6.45) is 18.5. The Morgan fingerprint density at radius 3 is 1.17 bits per heavy atom. The standard InChI is InChI=1S/C32H50O2S/c1-5-9-13-17-25-21-23-29(33)31(27(25)19-15-11-7-3)35-32-28(20-16-12-8-4)26(18-14-10-6-2)22-24-30(32)34/h21-24,33-34H,5-20H2,1-4H3. The third-order valence-electron chi connectivity index (χ3n) is 7.04. The maximum atomic E-state index is 11.0. The molecule has 2 aromatic rings. The molecule has 0 aliphatic heterocycles. The van der Waals surface area contributed by atoms with E-state index in [1.807, 2.05) is 12.1 Å². The van der Waals surface area contributed by atoms with E-state index in [0.717, 1.165) is 48.3 Å². The van der Waals surface area contributed by atoms with Gasteiger partial charge in [0, 0.05) is 0 Å². The second kappa shape index (κ2) is 17.0. The van der Waals surface area contributed by atoms with Crippen LogP contribution in [-0.4, -0.2) is 10.2 Å². The van der Waals surface area contributed by atoms with Crippen LogP contribution in [0.4, 0.5) is 0 Å². The van der Waals surface area contributed by atoms with E-state index < -0.39 is 0 Å². The number of rotatable bonds is 18. The summed E-state index contributed by atoms with van der Waals surface area (Å²) in [5.74, 6) is 0.715. The van der Waals surface area contributed by atoms with Crippen molar-refractivity contribution in [2.24, 2.45) is 0 Å². The molecule has 2 rings (SSSR count). The molecule has 0 spiro atoms. The smallest absolute Gasteiger partial charge is 0.129 e. The summed E-state index contributed by atoms with van der Waals surface area (Å²) in [7, 11) is 0. The molecule has 0 unspecified atom stereocenters. The van der Waals surface area contributed by atoms with Crippen molar-refractivity contribution in [3.8, 4) is 11.5 Å². The Morgan fingerprint density at radius 1 is 0.486 bits per heavy atom. The molecular formula is C32H50O2S. The zero-order valence-electron chi connectivity index (χ0n) is 22.9. The van der Waals surface area contributed by atoms with Crippen molar-refractivity contribution in [1.29, 1.82) is 0 Å². The average molecular weight is 499 g/mol. The molecule has 0 aliphatic rings. The topological polar surface area (TPSA) is 40.5 Å². The van der Waals surface area contributed by atoms with Gasteiger partial charge in [-0.1, -0.05) is 103 Å². The third-order valence-corrected chi connectivity index (χ3v) is 8.36. The van der Waals surface area contributed by atoms with Crippen molar-refractivity contribution in [2.75, 3.05) is 0 Å². The Hall–Kier alpha value is -1.61. The van der Waals surface area contributed by atoms with E-state index in [0.29, 0.717) is 11.5 Å². The summed E-state index contributed by atoms with van der Waals surface area (Å²) in [6.45, 7) is 8.98. The van der Waals surface area contributed by atoms with E-state index in [4.69, 9.17) is 0 Å². The van der Waals surface area contributed by atoms with Gasteiger partial charge < -0.3 is 10.2 Å². The number of unbranched alkanes of at least 4 members (excludes halogenated alkanes) is 8. The number of phenolic OH excluding ortho intramolecular Hbond substituents is 2. The molecule has 0 bridgehead atoms. The van der Waals surface area contributed by atoms with Crippen LogP contribution in [0.2, 0.25) is 0 Å². The van der Waals surface area contributed by atoms with E-state index in [1.165, 1.54) is 86.5 Å². The van der Waals surface area contributed by atoms with Gasteiger partial charge in [0.15, 0.2) is 0 Å². The number of aromatic hydroxyl groups is 2. The molecule has 35 heavy (non-hydrogen) atoms. The maximum Gasteiger partial charge on any atom is 0.129 e. The van der Waals surface area contributed by atoms with Crippen LogP contribution in [0.3, 0.4) is 0 Å². The molecule has 0 amide bonds. The Bertz CT molecular complexity index is 803. The minimum Gasteiger partial charge on any atom is -0.507 e. The first kappa shape index (κ1) is 29.6. The van der Waals surface area contributed by atoms with Crippen molar-refractivity contribution in [3.05, 3.63) is 46.5 Å². The Kier molecular flexibility index (Phi) is 14.3. The first-order chi connectivity index (χ1) is 17.1. The van der Waals surface area contributed by atoms with Crippen LogP contribution in [0.15, 0.2) is 34.1 Å². The molecule has 0 aliphatic carbocycles. The van der Waals surface area contributed by atoms with Gasteiger partial charge in [-0.2, -0.15) is 0 Å². The number of hydrogen-bond acceptors (Lipinski definition) is 3. The number of aryl methyl sites for hydroxylation is 2. The maximum absolute atomic E-state index is 11.0. The fraction of sp³-hybridized carbons (Fsp3) is 0.625. The lowest BCUT2D eigenvalue weighted by atomic mass is 9.96. The zero-order valence-corrected chi connectivity index (χ0v) is 23.7. The lowest BCUT2D eigenvalue weighted by molar-refractivity contribution is 0.456. The summed E-state index contributed by atoms with van der Waals surface area (Å²) >= 11 is 1.62. The van der Waals surface area contributed by atoms with E-state index in [1.54, 1.807) is 11.8 Å². The van der Waals surface area contributed by atoms with Crippen LogP contribution < -0.4 is 0 Å². The molecule has 0 aromatic heterocycles. The molecule has 196 valence electrons. The number of benzene rings is 2. The summed E-state index contributed by atoms with van der Waals surface area (Å²) in [5.41, 5.74) is 5.35. The fourth-order valence-electron chi connectivity index (χ4n) is 4.89. The summed E-state index contributed by atoms with van der Waals surface area (Å²) < 4.78 is 0. The van der Waals surface area contributed by atoms with Crippen molar-refractivity contribution in [1.82, 2.24) is 0 Å². The number of phenols is 2. The quantitative estimate of drug-likeness (QED) is 0.201. The van der Waals surface area contributed by atoms with E-state index in [9.17, 15) is 10.2 Å². The third kappa shape index (κ3) is 9.41. The minimum atomic E-state index is 0.357. The molecule has 0 radical (unpaired) electrons. The lowest BCUT2D eigenvalue weighted by Gasteiger charge is -2.20. The second-order valence-electron chi connectivity index (χ2n) is 10.0. The first-order valence-corrected chi connectivity index (χ1v) is 15.2. The van der Waals surface area contributed by atoms with Crippen molar-refractivity contribution >= 4 is 11.8 Å². The molecule has 0 heterocycles. The van der Waals surface area contributed by atoms with Gasteiger partial charge in [-0.25, -0.2) is 0 Å². The number of hydrogen-bond donors (Lipinski definition) is 2. The molecule has 0 saturated carbocycles. The highest BCUT2D eigenvalue weighted by Crippen LogP contribution is 2.45. The normalized spacial score (nSPS) is 11.3. The minimum absolute atomic E-state index is 0.357. The molecule has 0 saturated heterocycles. The summed E-state index contributed by atoms with van der Waals surface area (Å²) in [4.78, 5) is 1.93. The molecule has 3 heteroatoms. The highest BCUT2D eigenvalue weighted by Gasteiger charge is 2.20. The van der Waals surface area contributed by atoms with Crippen LogP contribution in [-0.2, 0) is 25.7 Å². The molecule has 0 fully saturated rings. The second-order valence-corrected chi connectivity index (χ2v) is 11.1. The summed E-state index contributed by atoms with van der Waals surface area (Å²) in [6, 6.07) is 8.04. The van der Waals surface area contributed by atoms with Crippen molar-refractivity contribution in [2.45, 2.75) is 140 Å². The Labute approximate surface area is 219 Å². The fourth-order valence-corrected chi connectivity index (χ4v) is 6.16. The van der Waals surface area contributed by atoms with E-state index in [2.05, 4.69) is 39.8 Å². The SMILES string of the molecule is CCCCCc1ccc(O)c(Sc2c(O)ccc(CCCCC)c2CCCCC)c1CCCCC. The van der Waals surface area contributed by atoms with Crippen LogP contribution in [0.1, 0.15) is 127 Å². The zero-order chi connectivity index (χ0) is 25.5.